The molecule has 3 rings (SSSR count). The molecule has 2 heterocycles. The minimum absolute atomic E-state index is 0.0730. The molecule has 21 heavy (non-hydrogen) atoms. The summed E-state index contributed by atoms with van der Waals surface area (Å²) in [7, 11) is 0. The summed E-state index contributed by atoms with van der Waals surface area (Å²) < 4.78 is 5.63. The molecule has 5 nitrogen and oxygen atoms in total. The van der Waals surface area contributed by atoms with Gasteiger partial charge in [-0.15, -0.1) is 0 Å². The van der Waals surface area contributed by atoms with E-state index in [0.717, 1.165) is 58.0 Å². The summed E-state index contributed by atoms with van der Waals surface area (Å²) in [6.07, 6.45) is 8.36. The Balaban J connectivity index is 1.63. The van der Waals surface area contributed by atoms with Crippen LogP contribution in [0, 0.1) is 5.92 Å². The van der Waals surface area contributed by atoms with Crippen molar-refractivity contribution in [2.45, 2.75) is 69.9 Å². The van der Waals surface area contributed by atoms with Crippen LogP contribution in [0.5, 0.6) is 0 Å². The highest BCUT2D eigenvalue weighted by molar-refractivity contribution is 6.07. The maximum Gasteiger partial charge on any atom is 0.325 e. The first-order valence-corrected chi connectivity index (χ1v) is 8.36. The number of imide groups is 1. The fraction of sp³-hybridized carbons (Fsp3) is 0.875. The number of amides is 3. The van der Waals surface area contributed by atoms with E-state index >= 15 is 0 Å². The minimum Gasteiger partial charge on any atom is -0.378 e. The molecule has 1 spiro atoms. The van der Waals surface area contributed by atoms with Crippen LogP contribution >= 0.6 is 0 Å². The van der Waals surface area contributed by atoms with Crippen molar-refractivity contribution in [3.8, 4) is 0 Å². The molecule has 118 valence electrons. The lowest BCUT2D eigenvalue weighted by Gasteiger charge is -2.40. The highest BCUT2D eigenvalue weighted by atomic mass is 16.5. The van der Waals surface area contributed by atoms with E-state index < -0.39 is 5.54 Å². The van der Waals surface area contributed by atoms with Gasteiger partial charge in [-0.3, -0.25) is 10.1 Å². The maximum atomic E-state index is 12.3. The number of ether oxygens (including phenoxy) is 1. The van der Waals surface area contributed by atoms with Gasteiger partial charge in [0.2, 0.25) is 0 Å². The van der Waals surface area contributed by atoms with Gasteiger partial charge in [0.05, 0.1) is 6.10 Å². The van der Waals surface area contributed by atoms with Crippen LogP contribution in [0.2, 0.25) is 0 Å². The van der Waals surface area contributed by atoms with Crippen molar-refractivity contribution in [1.82, 2.24) is 10.2 Å². The molecule has 3 atom stereocenters. The lowest BCUT2D eigenvalue weighted by Crippen LogP contribution is -2.52. The van der Waals surface area contributed by atoms with Crippen molar-refractivity contribution in [3.63, 3.8) is 0 Å². The van der Waals surface area contributed by atoms with E-state index in [1.807, 2.05) is 4.90 Å². The van der Waals surface area contributed by atoms with Crippen molar-refractivity contribution in [1.29, 1.82) is 0 Å². The Morgan fingerprint density at radius 3 is 2.90 bits per heavy atom. The Kier molecular flexibility index (Phi) is 4.20. The topological polar surface area (TPSA) is 58.6 Å². The van der Waals surface area contributed by atoms with Crippen molar-refractivity contribution >= 4 is 11.9 Å². The minimum atomic E-state index is -0.564. The highest BCUT2D eigenvalue weighted by Gasteiger charge is 2.53. The van der Waals surface area contributed by atoms with E-state index in [1.165, 1.54) is 0 Å². The summed E-state index contributed by atoms with van der Waals surface area (Å²) in [4.78, 5) is 26.3. The monoisotopic (exact) mass is 294 g/mol. The lowest BCUT2D eigenvalue weighted by atomic mass is 9.75. The highest BCUT2D eigenvalue weighted by Crippen LogP contribution is 2.40. The van der Waals surface area contributed by atoms with Gasteiger partial charge in [0.1, 0.15) is 5.54 Å². The molecule has 2 saturated heterocycles. The van der Waals surface area contributed by atoms with E-state index in [4.69, 9.17) is 4.74 Å². The second-order valence-corrected chi connectivity index (χ2v) is 6.92. The molecular formula is C16H26N2O3. The second kappa shape index (κ2) is 5.95. The normalized spacial score (nSPS) is 36.5. The summed E-state index contributed by atoms with van der Waals surface area (Å²) in [5.74, 6) is 0.437. The van der Waals surface area contributed by atoms with E-state index in [0.29, 0.717) is 18.6 Å². The SMILES string of the molecule is CC1CCCC2(C1)C(=O)NC(=O)N2CCCC1CCCO1. The zero-order chi connectivity index (χ0) is 14.9. The Morgan fingerprint density at radius 1 is 1.33 bits per heavy atom. The molecule has 0 aromatic heterocycles. The third-order valence-corrected chi connectivity index (χ3v) is 5.31. The first-order chi connectivity index (χ1) is 10.1. The number of nitrogens with zero attached hydrogens (tertiary/aromatic N) is 1. The molecule has 1 N–H and O–H groups in total. The smallest absolute Gasteiger partial charge is 0.325 e. The number of carbonyl (C=O) groups excluding carboxylic acids is 2. The summed E-state index contributed by atoms with van der Waals surface area (Å²) in [6, 6.07) is -0.193. The molecule has 3 unspecified atom stereocenters. The summed E-state index contributed by atoms with van der Waals surface area (Å²) >= 11 is 0. The van der Waals surface area contributed by atoms with Crippen molar-refractivity contribution in [2.75, 3.05) is 13.2 Å². The molecule has 0 radical (unpaired) electrons. The van der Waals surface area contributed by atoms with Crippen LogP contribution in [0.1, 0.15) is 58.3 Å². The first kappa shape index (κ1) is 14.8. The number of urea groups is 1. The van der Waals surface area contributed by atoms with Gasteiger partial charge in [-0.1, -0.05) is 19.8 Å². The van der Waals surface area contributed by atoms with Gasteiger partial charge < -0.3 is 9.64 Å². The second-order valence-electron chi connectivity index (χ2n) is 6.92. The van der Waals surface area contributed by atoms with Crippen LogP contribution in [0.3, 0.4) is 0 Å². The molecule has 3 amide bonds. The largest absolute Gasteiger partial charge is 0.378 e. The number of hydrogen-bond acceptors (Lipinski definition) is 3. The third kappa shape index (κ3) is 2.80. The van der Waals surface area contributed by atoms with Crippen molar-refractivity contribution < 1.29 is 14.3 Å². The summed E-state index contributed by atoms with van der Waals surface area (Å²) in [6.45, 7) is 3.72. The average Bonchev–Trinajstić information content (AvgIpc) is 3.02. The van der Waals surface area contributed by atoms with Gasteiger partial charge in [0.25, 0.3) is 5.91 Å². The number of rotatable bonds is 4. The van der Waals surface area contributed by atoms with Crippen LogP contribution in [-0.4, -0.2) is 41.6 Å². The molecule has 0 aromatic carbocycles. The zero-order valence-electron chi connectivity index (χ0n) is 12.9. The van der Waals surface area contributed by atoms with Crippen LogP contribution in [0.15, 0.2) is 0 Å². The van der Waals surface area contributed by atoms with Gasteiger partial charge in [0, 0.05) is 13.2 Å². The summed E-state index contributed by atoms with van der Waals surface area (Å²) in [5, 5.41) is 2.54. The molecule has 3 aliphatic rings. The lowest BCUT2D eigenvalue weighted by molar-refractivity contribution is -0.129. The Labute approximate surface area is 126 Å². The molecule has 2 aliphatic heterocycles. The van der Waals surface area contributed by atoms with Gasteiger partial charge in [-0.2, -0.15) is 0 Å². The zero-order valence-corrected chi connectivity index (χ0v) is 12.9. The number of nitrogens with one attached hydrogen (secondary N) is 1. The molecule has 0 bridgehead atoms. The van der Waals surface area contributed by atoms with Crippen LogP contribution in [0.4, 0.5) is 4.79 Å². The van der Waals surface area contributed by atoms with Gasteiger partial charge in [0.15, 0.2) is 0 Å². The van der Waals surface area contributed by atoms with Crippen molar-refractivity contribution in [2.24, 2.45) is 5.92 Å². The van der Waals surface area contributed by atoms with E-state index in [9.17, 15) is 9.59 Å². The average molecular weight is 294 g/mol. The van der Waals surface area contributed by atoms with Gasteiger partial charge in [-0.05, 0) is 44.4 Å². The standard InChI is InChI=1S/C16H26N2O3/c1-12-5-2-8-16(11-12)14(19)17-15(20)18(16)9-3-6-13-7-4-10-21-13/h12-13H,2-11H2,1H3,(H,17,19,20). The van der Waals surface area contributed by atoms with E-state index in [2.05, 4.69) is 12.2 Å². The maximum absolute atomic E-state index is 12.3. The molecule has 0 aromatic rings. The molecule has 3 fully saturated rings. The Morgan fingerprint density at radius 2 is 2.19 bits per heavy atom. The third-order valence-electron chi connectivity index (χ3n) is 5.31. The fourth-order valence-electron chi connectivity index (χ4n) is 4.24. The predicted molar refractivity (Wildman–Crippen MR) is 78.8 cm³/mol. The van der Waals surface area contributed by atoms with Gasteiger partial charge in [-0.25, -0.2) is 4.79 Å². The number of hydrogen-bond donors (Lipinski definition) is 1. The quantitative estimate of drug-likeness (QED) is 0.810. The van der Waals surface area contributed by atoms with Crippen LogP contribution in [0.25, 0.3) is 0 Å². The molecule has 5 heteroatoms. The Bertz CT molecular complexity index is 420. The number of carbonyl (C=O) groups is 2. The molecular weight excluding hydrogens is 268 g/mol. The molecule has 1 saturated carbocycles. The first-order valence-electron chi connectivity index (χ1n) is 8.36. The van der Waals surface area contributed by atoms with E-state index in [1.54, 1.807) is 0 Å². The fourth-order valence-corrected chi connectivity index (χ4v) is 4.24. The van der Waals surface area contributed by atoms with E-state index in [-0.39, 0.29) is 11.9 Å². The molecule has 1 aliphatic carbocycles. The van der Waals surface area contributed by atoms with Gasteiger partial charge >= 0.3 is 6.03 Å². The Hall–Kier alpha value is -1.10. The van der Waals surface area contributed by atoms with Crippen LogP contribution in [-0.2, 0) is 9.53 Å². The van der Waals surface area contributed by atoms with Crippen molar-refractivity contribution in [3.05, 3.63) is 0 Å². The van der Waals surface area contributed by atoms with Crippen LogP contribution < -0.4 is 5.32 Å². The summed E-state index contributed by atoms with van der Waals surface area (Å²) in [5.41, 5.74) is -0.564. The predicted octanol–water partition coefficient (Wildman–Crippen LogP) is 2.45.